The van der Waals surface area contributed by atoms with Gasteiger partial charge in [-0.25, -0.2) is 0 Å². The Morgan fingerprint density at radius 2 is 1.83 bits per heavy atom. The molecule has 3 aromatic carbocycles. The molecule has 5 heteroatoms. The molecule has 1 atom stereocenters. The van der Waals surface area contributed by atoms with Crippen LogP contribution in [0.5, 0.6) is 0 Å². The predicted molar refractivity (Wildman–Crippen MR) is 119 cm³/mol. The van der Waals surface area contributed by atoms with Gasteiger partial charge in [-0.2, -0.15) is 0 Å². The average Bonchev–Trinajstić information content (AvgIpc) is 3.10. The standard InChI is InChI=1S/C24H22N2O2S/c1-17-7-5-12-21(13-17)26-23(28)16-29-24(26)19-10-6-11-20(15-19)25-22(27)14-18-8-3-2-4-9-18/h2-13,15,24H,14,16H2,1H3,(H,25,27). The van der Waals surface area contributed by atoms with Crippen LogP contribution in [-0.4, -0.2) is 17.6 Å². The Labute approximate surface area is 174 Å². The topological polar surface area (TPSA) is 49.4 Å². The number of amides is 2. The lowest BCUT2D eigenvalue weighted by atomic mass is 10.1. The van der Waals surface area contributed by atoms with Crippen LogP contribution in [0.15, 0.2) is 78.9 Å². The molecule has 1 aliphatic rings. The van der Waals surface area contributed by atoms with Gasteiger partial charge in [0.15, 0.2) is 0 Å². The van der Waals surface area contributed by atoms with Crippen molar-refractivity contribution in [2.45, 2.75) is 18.7 Å². The van der Waals surface area contributed by atoms with E-state index in [1.807, 2.05) is 90.7 Å². The summed E-state index contributed by atoms with van der Waals surface area (Å²) in [6.45, 7) is 2.02. The molecule has 1 heterocycles. The first-order valence-corrected chi connectivity index (χ1v) is 10.6. The number of aryl methyl sites for hydroxylation is 1. The van der Waals surface area contributed by atoms with Crippen LogP contribution in [0, 0.1) is 6.92 Å². The van der Waals surface area contributed by atoms with E-state index < -0.39 is 0 Å². The molecule has 2 amide bonds. The Morgan fingerprint density at radius 3 is 2.62 bits per heavy atom. The maximum atomic E-state index is 12.6. The van der Waals surface area contributed by atoms with Gasteiger partial charge in [0.05, 0.1) is 12.2 Å². The van der Waals surface area contributed by atoms with Crippen molar-refractivity contribution >= 4 is 35.0 Å². The molecule has 1 saturated heterocycles. The summed E-state index contributed by atoms with van der Waals surface area (Å²) in [5.41, 5.74) is 4.74. The fourth-order valence-corrected chi connectivity index (χ4v) is 4.65. The summed E-state index contributed by atoms with van der Waals surface area (Å²) in [5, 5.41) is 2.88. The second kappa shape index (κ2) is 8.53. The first kappa shape index (κ1) is 19.3. The SMILES string of the molecule is Cc1cccc(N2C(=O)CSC2c2cccc(NC(=O)Cc3ccccc3)c2)c1. The van der Waals surface area contributed by atoms with Gasteiger partial charge in [0.1, 0.15) is 5.37 Å². The van der Waals surface area contributed by atoms with Gasteiger partial charge in [-0.3, -0.25) is 14.5 Å². The molecule has 1 aliphatic heterocycles. The quantitative estimate of drug-likeness (QED) is 0.657. The van der Waals surface area contributed by atoms with E-state index in [1.165, 1.54) is 0 Å². The van der Waals surface area contributed by atoms with Crippen molar-refractivity contribution in [2.24, 2.45) is 0 Å². The lowest BCUT2D eigenvalue weighted by Crippen LogP contribution is -2.27. The van der Waals surface area contributed by atoms with E-state index in [0.29, 0.717) is 12.2 Å². The van der Waals surface area contributed by atoms with E-state index in [4.69, 9.17) is 0 Å². The van der Waals surface area contributed by atoms with Gasteiger partial charge in [0.25, 0.3) is 0 Å². The highest BCUT2D eigenvalue weighted by atomic mass is 32.2. The van der Waals surface area contributed by atoms with Gasteiger partial charge >= 0.3 is 0 Å². The molecule has 0 aromatic heterocycles. The van der Waals surface area contributed by atoms with Crippen molar-refractivity contribution in [1.29, 1.82) is 0 Å². The van der Waals surface area contributed by atoms with Crippen molar-refractivity contribution in [2.75, 3.05) is 16.0 Å². The zero-order valence-corrected chi connectivity index (χ0v) is 17.0. The highest BCUT2D eigenvalue weighted by Gasteiger charge is 2.34. The number of hydrogen-bond acceptors (Lipinski definition) is 3. The van der Waals surface area contributed by atoms with E-state index in [2.05, 4.69) is 5.32 Å². The minimum Gasteiger partial charge on any atom is -0.326 e. The first-order valence-electron chi connectivity index (χ1n) is 9.54. The number of nitrogens with zero attached hydrogens (tertiary/aromatic N) is 1. The fraction of sp³-hybridized carbons (Fsp3) is 0.167. The van der Waals surface area contributed by atoms with Crippen LogP contribution in [0.3, 0.4) is 0 Å². The van der Waals surface area contributed by atoms with Crippen LogP contribution < -0.4 is 10.2 Å². The zero-order chi connectivity index (χ0) is 20.2. The monoisotopic (exact) mass is 402 g/mol. The summed E-state index contributed by atoms with van der Waals surface area (Å²) in [6.07, 6.45) is 0.331. The summed E-state index contributed by atoms with van der Waals surface area (Å²) < 4.78 is 0. The number of thioether (sulfide) groups is 1. The number of carbonyl (C=O) groups excluding carboxylic acids is 2. The third-order valence-electron chi connectivity index (χ3n) is 4.81. The van der Waals surface area contributed by atoms with Crippen LogP contribution in [0.4, 0.5) is 11.4 Å². The van der Waals surface area contributed by atoms with Crippen molar-refractivity contribution in [3.63, 3.8) is 0 Å². The first-order chi connectivity index (χ1) is 14.1. The van der Waals surface area contributed by atoms with E-state index >= 15 is 0 Å². The van der Waals surface area contributed by atoms with Gasteiger partial charge in [0.2, 0.25) is 11.8 Å². The maximum absolute atomic E-state index is 12.6. The molecule has 1 fully saturated rings. The second-order valence-electron chi connectivity index (χ2n) is 7.10. The summed E-state index contributed by atoms with van der Waals surface area (Å²) in [4.78, 5) is 26.8. The summed E-state index contributed by atoms with van der Waals surface area (Å²) >= 11 is 1.61. The van der Waals surface area contributed by atoms with E-state index in [-0.39, 0.29) is 17.2 Å². The predicted octanol–water partition coefficient (Wildman–Crippen LogP) is 4.95. The number of carbonyl (C=O) groups is 2. The van der Waals surface area contributed by atoms with Crippen LogP contribution >= 0.6 is 11.8 Å². The Balaban J connectivity index is 1.53. The largest absolute Gasteiger partial charge is 0.326 e. The Bertz CT molecular complexity index is 1040. The zero-order valence-electron chi connectivity index (χ0n) is 16.2. The molecule has 0 radical (unpaired) electrons. The second-order valence-corrected chi connectivity index (χ2v) is 8.17. The number of rotatable bonds is 5. The molecule has 1 N–H and O–H groups in total. The summed E-state index contributed by atoms with van der Waals surface area (Å²) in [6, 6.07) is 25.4. The van der Waals surface area contributed by atoms with Crippen molar-refractivity contribution in [3.05, 3.63) is 95.6 Å². The third kappa shape index (κ3) is 4.51. The fourth-order valence-electron chi connectivity index (χ4n) is 3.48. The molecule has 1 unspecified atom stereocenters. The van der Waals surface area contributed by atoms with Gasteiger partial charge in [-0.15, -0.1) is 11.8 Å². The van der Waals surface area contributed by atoms with Crippen LogP contribution in [0.2, 0.25) is 0 Å². The van der Waals surface area contributed by atoms with Crippen LogP contribution in [0.1, 0.15) is 22.1 Å². The van der Waals surface area contributed by atoms with Crippen molar-refractivity contribution in [3.8, 4) is 0 Å². The van der Waals surface area contributed by atoms with Crippen molar-refractivity contribution in [1.82, 2.24) is 0 Å². The lowest BCUT2D eigenvalue weighted by molar-refractivity contribution is -0.116. The van der Waals surface area contributed by atoms with Crippen LogP contribution in [-0.2, 0) is 16.0 Å². The van der Waals surface area contributed by atoms with Crippen LogP contribution in [0.25, 0.3) is 0 Å². The lowest BCUT2D eigenvalue weighted by Gasteiger charge is -2.25. The van der Waals surface area contributed by atoms with Gasteiger partial charge < -0.3 is 5.32 Å². The molecular weight excluding hydrogens is 380 g/mol. The molecule has 0 saturated carbocycles. The number of anilines is 2. The molecule has 4 nitrogen and oxygen atoms in total. The minimum absolute atomic E-state index is 0.0564. The highest BCUT2D eigenvalue weighted by Crippen LogP contribution is 2.42. The van der Waals surface area contributed by atoms with E-state index in [1.54, 1.807) is 11.8 Å². The average molecular weight is 403 g/mol. The molecule has 3 aromatic rings. The number of benzene rings is 3. The molecular formula is C24H22N2O2S. The molecule has 0 aliphatic carbocycles. The summed E-state index contributed by atoms with van der Waals surface area (Å²) in [7, 11) is 0. The Kier molecular flexibility index (Phi) is 5.67. The summed E-state index contributed by atoms with van der Waals surface area (Å²) in [5.74, 6) is 0.492. The Hall–Kier alpha value is -3.05. The maximum Gasteiger partial charge on any atom is 0.238 e. The van der Waals surface area contributed by atoms with E-state index in [0.717, 1.165) is 28.1 Å². The molecule has 146 valence electrons. The van der Waals surface area contributed by atoms with E-state index in [9.17, 15) is 9.59 Å². The highest BCUT2D eigenvalue weighted by molar-refractivity contribution is 8.00. The molecule has 0 bridgehead atoms. The number of hydrogen-bond donors (Lipinski definition) is 1. The minimum atomic E-state index is -0.102. The van der Waals surface area contributed by atoms with Gasteiger partial charge in [0, 0.05) is 11.4 Å². The number of nitrogens with one attached hydrogen (secondary N) is 1. The van der Waals surface area contributed by atoms with Gasteiger partial charge in [-0.1, -0.05) is 54.6 Å². The molecule has 29 heavy (non-hydrogen) atoms. The normalized spacial score (nSPS) is 16.1. The van der Waals surface area contributed by atoms with Crippen molar-refractivity contribution < 1.29 is 9.59 Å². The molecule has 0 spiro atoms. The smallest absolute Gasteiger partial charge is 0.238 e. The Morgan fingerprint density at radius 1 is 1.03 bits per heavy atom. The third-order valence-corrected chi connectivity index (χ3v) is 6.02. The molecule has 4 rings (SSSR count). The van der Waals surface area contributed by atoms with Gasteiger partial charge in [-0.05, 0) is 47.9 Å².